The number of benzene rings is 1. The van der Waals surface area contributed by atoms with Crippen LogP contribution < -0.4 is 21.6 Å². The average Bonchev–Trinajstić information content (AvgIpc) is 3.60. The minimum Gasteiger partial charge on any atom is -0.464 e. The molecule has 48 heavy (non-hydrogen) atoms. The molecule has 2 fully saturated rings. The molecule has 5 atom stereocenters. The van der Waals surface area contributed by atoms with E-state index in [1.165, 1.54) is 6.33 Å². The van der Waals surface area contributed by atoms with E-state index in [0.717, 1.165) is 44.1 Å². The van der Waals surface area contributed by atoms with Crippen molar-refractivity contribution in [3.05, 3.63) is 52.6 Å². The van der Waals surface area contributed by atoms with Crippen molar-refractivity contribution in [1.29, 1.82) is 0 Å². The molecule has 2 aliphatic rings. The molecule has 1 aliphatic heterocycles. The number of aromatic nitrogens is 4. The number of nitrogens with one attached hydrogen (secondary N) is 1. The predicted octanol–water partition coefficient (Wildman–Crippen LogP) is 5.07. The Morgan fingerprint density at radius 3 is 2.73 bits per heavy atom. The highest BCUT2D eigenvalue weighted by molar-refractivity contribution is 7.33. The topological polar surface area (TPSA) is 196 Å². The molecule has 5 rings (SSSR count). The van der Waals surface area contributed by atoms with Crippen molar-refractivity contribution in [3.63, 3.8) is 0 Å². The van der Waals surface area contributed by atoms with E-state index in [1.807, 2.05) is 6.07 Å². The fourth-order valence-corrected chi connectivity index (χ4v) is 6.73. The maximum atomic E-state index is 12.7. The summed E-state index contributed by atoms with van der Waals surface area (Å²) >= 11 is 0. The van der Waals surface area contributed by atoms with Gasteiger partial charge in [-0.2, -0.15) is 4.98 Å². The van der Waals surface area contributed by atoms with Crippen molar-refractivity contribution in [2.24, 2.45) is 17.1 Å². The molecule has 3 aromatic rings. The van der Waals surface area contributed by atoms with Crippen LogP contribution in [0.3, 0.4) is 0 Å². The van der Waals surface area contributed by atoms with Crippen molar-refractivity contribution < 1.29 is 32.6 Å². The molecule has 1 aromatic carbocycles. The lowest BCUT2D eigenvalue weighted by Crippen LogP contribution is -2.40. The normalized spacial score (nSPS) is 22.6. The summed E-state index contributed by atoms with van der Waals surface area (Å²) in [5, 5.41) is 0. The molecule has 1 saturated carbocycles. The minimum atomic E-state index is -2.46. The molecule has 14 nitrogen and oxygen atoms in total. The van der Waals surface area contributed by atoms with Crippen LogP contribution in [0.2, 0.25) is 0 Å². The highest BCUT2D eigenvalue weighted by Crippen LogP contribution is 2.54. The number of hydrogen-bond acceptors (Lipinski definition) is 12. The Morgan fingerprint density at radius 2 is 1.98 bits per heavy atom. The van der Waals surface area contributed by atoms with Gasteiger partial charge >= 0.3 is 14.2 Å². The number of rotatable bonds is 18. The van der Waals surface area contributed by atoms with Crippen molar-refractivity contribution >= 4 is 37.5 Å². The first-order chi connectivity index (χ1) is 23.2. The Morgan fingerprint density at radius 1 is 1.21 bits per heavy atom. The van der Waals surface area contributed by atoms with Gasteiger partial charge in [0.25, 0.3) is 5.56 Å². The number of aromatic amines is 1. The van der Waals surface area contributed by atoms with Gasteiger partial charge in [-0.3, -0.25) is 19.1 Å². The first-order valence-electron chi connectivity index (χ1n) is 16.7. The van der Waals surface area contributed by atoms with Crippen LogP contribution in [0, 0.1) is 11.3 Å². The highest BCUT2D eigenvalue weighted by Gasteiger charge is 2.53. The van der Waals surface area contributed by atoms with Gasteiger partial charge < -0.3 is 25.7 Å². The molecule has 1 saturated heterocycles. The molecule has 5 N–H and O–H groups in total. The fraction of sp³-hybridized carbons (Fsp3) is 0.576. The smallest absolute Gasteiger partial charge is 0.464 e. The fourth-order valence-electron chi connectivity index (χ4n) is 6.03. The van der Waals surface area contributed by atoms with Crippen LogP contribution in [0.4, 0.5) is 5.95 Å². The van der Waals surface area contributed by atoms with E-state index in [0.29, 0.717) is 43.2 Å². The zero-order valence-electron chi connectivity index (χ0n) is 27.5. The molecule has 0 spiro atoms. The second kappa shape index (κ2) is 16.6. The van der Waals surface area contributed by atoms with Crippen LogP contribution in [-0.2, 0) is 28.1 Å². The van der Waals surface area contributed by atoms with Crippen LogP contribution in [-0.4, -0.2) is 63.7 Å². The molecule has 0 bridgehead atoms. The van der Waals surface area contributed by atoms with Gasteiger partial charge in [0.05, 0.1) is 19.3 Å². The Balaban J connectivity index is 1.21. The maximum Gasteiger partial charge on any atom is 0.750 e. The predicted molar refractivity (Wildman–Crippen MR) is 180 cm³/mol. The van der Waals surface area contributed by atoms with Gasteiger partial charge in [0, 0.05) is 16.2 Å². The summed E-state index contributed by atoms with van der Waals surface area (Å²) < 4.78 is 43.6. The van der Waals surface area contributed by atoms with Gasteiger partial charge in [-0.25, -0.2) is 9.51 Å². The minimum absolute atomic E-state index is 0.0226. The standard InChI is InChI=1S/C33H45N6O8P/c1-3-9-22(10-4-2)18-43-31(41)26(34)15-25-13-8-14-27(46-25)44-19-33(20-45-48(42)47-24-11-6-5-7-12-24)16-23(33)17-39-21-36-28-29(39)37-32(35)38-30(28)40/h5-7,11-12,17,21-22,25-27H,3-4,8-10,13-16,18-20,34H2,1-2H3,(H2-,35,37,38,40)/p+1/b23-17-/t25?,26-,27?,33-/m0/s1. The molecule has 3 unspecified atom stereocenters. The van der Waals surface area contributed by atoms with E-state index in [1.54, 1.807) is 35.0 Å². The maximum absolute atomic E-state index is 12.7. The van der Waals surface area contributed by atoms with Crippen LogP contribution in [0.25, 0.3) is 17.4 Å². The molecule has 15 heteroatoms. The van der Waals surface area contributed by atoms with E-state index in [4.69, 9.17) is 34.7 Å². The third-order valence-corrected chi connectivity index (χ3v) is 9.43. The molecule has 1 aliphatic carbocycles. The van der Waals surface area contributed by atoms with Gasteiger partial charge in [0.2, 0.25) is 5.95 Å². The lowest BCUT2D eigenvalue weighted by Gasteiger charge is -2.32. The van der Waals surface area contributed by atoms with Crippen LogP contribution in [0.15, 0.2) is 47.0 Å². The van der Waals surface area contributed by atoms with Gasteiger partial charge in [-0.15, -0.1) is 4.52 Å². The van der Waals surface area contributed by atoms with Crippen LogP contribution in [0.1, 0.15) is 71.6 Å². The lowest BCUT2D eigenvalue weighted by molar-refractivity contribution is -0.203. The van der Waals surface area contributed by atoms with Gasteiger partial charge in [0.15, 0.2) is 23.2 Å². The number of fused-ring (bicyclic) bond motifs is 1. The van der Waals surface area contributed by atoms with E-state index in [2.05, 4.69) is 28.8 Å². The van der Waals surface area contributed by atoms with Crippen LogP contribution in [0.5, 0.6) is 5.75 Å². The second-order valence-electron chi connectivity index (χ2n) is 12.6. The second-order valence-corrected chi connectivity index (χ2v) is 13.5. The zero-order valence-corrected chi connectivity index (χ0v) is 28.4. The third kappa shape index (κ3) is 9.48. The Hall–Kier alpha value is -3.68. The number of carbonyl (C=O) groups is 1. The number of imidazole rings is 1. The summed E-state index contributed by atoms with van der Waals surface area (Å²) in [7, 11) is -2.46. The number of para-hydroxylation sites is 1. The Bertz CT molecular complexity index is 1630. The monoisotopic (exact) mass is 685 g/mol. The van der Waals surface area contributed by atoms with Gasteiger partial charge in [0.1, 0.15) is 19.0 Å². The summed E-state index contributed by atoms with van der Waals surface area (Å²) in [5.41, 5.74) is 12.3. The van der Waals surface area contributed by atoms with Gasteiger partial charge in [-0.1, -0.05) is 44.9 Å². The number of anilines is 1. The molecular formula is C33H46N6O8P+. The van der Waals surface area contributed by atoms with Crippen molar-refractivity contribution in [3.8, 4) is 5.75 Å². The summed E-state index contributed by atoms with van der Waals surface area (Å²) in [4.78, 5) is 35.8. The third-order valence-electron chi connectivity index (χ3n) is 8.73. The highest BCUT2D eigenvalue weighted by atomic mass is 31.1. The Kier molecular flexibility index (Phi) is 12.3. The molecule has 0 amide bonds. The number of hydrogen-bond donors (Lipinski definition) is 3. The number of nitrogen functional groups attached to an aromatic ring is 1. The SMILES string of the molecule is CCCC(CCC)COC(=O)[C@@H](N)CC1CCCC(OC[C@]2(CO[P+](=O)Oc3ccccc3)C/C2=C/n2cnc3c(=O)[nH]c(N)nc32)O1. The number of H-pyrrole nitrogens is 1. The number of esters is 1. The lowest BCUT2D eigenvalue weighted by atomic mass is 9.99. The Labute approximate surface area is 280 Å². The first-order valence-corrected chi connectivity index (χ1v) is 17.7. The van der Waals surface area contributed by atoms with Gasteiger partial charge in [-0.05, 0) is 68.6 Å². The van der Waals surface area contributed by atoms with E-state index in [-0.39, 0.29) is 30.8 Å². The van der Waals surface area contributed by atoms with E-state index < -0.39 is 37.5 Å². The van der Waals surface area contributed by atoms with Crippen molar-refractivity contribution in [2.45, 2.75) is 90.1 Å². The van der Waals surface area contributed by atoms with Crippen LogP contribution >= 0.6 is 8.25 Å². The quantitative estimate of drug-likeness (QED) is 0.119. The largest absolute Gasteiger partial charge is 0.750 e. The summed E-state index contributed by atoms with van der Waals surface area (Å²) in [6, 6.07) is 8.00. The summed E-state index contributed by atoms with van der Waals surface area (Å²) in [6.45, 7) is 4.91. The molecular weight excluding hydrogens is 639 g/mol. The van der Waals surface area contributed by atoms with E-state index >= 15 is 0 Å². The average molecular weight is 686 g/mol. The molecule has 260 valence electrons. The summed E-state index contributed by atoms with van der Waals surface area (Å²) in [5.74, 6) is 0.357. The zero-order chi connectivity index (χ0) is 34.1. The molecule has 3 heterocycles. The number of ether oxygens (including phenoxy) is 3. The number of nitrogens with two attached hydrogens (primary N) is 2. The first kappa shape index (κ1) is 35.6. The molecule has 2 aromatic heterocycles. The van der Waals surface area contributed by atoms with Crippen molar-refractivity contribution in [2.75, 3.05) is 25.6 Å². The number of carbonyl (C=O) groups excluding carboxylic acids is 1. The van der Waals surface area contributed by atoms with Crippen molar-refractivity contribution in [1.82, 2.24) is 19.5 Å². The number of nitrogens with zero attached hydrogens (tertiary/aromatic N) is 3. The summed E-state index contributed by atoms with van der Waals surface area (Å²) in [6.07, 6.45) is 9.82. The molecule has 0 radical (unpaired) electrons. The van der Waals surface area contributed by atoms with E-state index in [9.17, 15) is 14.2 Å².